The quantitative estimate of drug-likeness (QED) is 0.831. The SMILES string of the molecule is COCC(=O)N1CCC2(CC1)Oc1ccccc1-c1ncn(CC(C)C)c12. The first-order valence-electron chi connectivity index (χ1n) is 9.65. The maximum Gasteiger partial charge on any atom is 0.248 e. The highest BCUT2D eigenvalue weighted by atomic mass is 16.5. The molecule has 6 nitrogen and oxygen atoms in total. The average molecular weight is 369 g/mol. The maximum absolute atomic E-state index is 12.2. The van der Waals surface area contributed by atoms with Crippen LogP contribution in [-0.4, -0.2) is 47.2 Å². The van der Waals surface area contributed by atoms with Crippen molar-refractivity contribution in [3.05, 3.63) is 36.3 Å². The van der Waals surface area contributed by atoms with Crippen LogP contribution in [0.3, 0.4) is 0 Å². The number of carbonyl (C=O) groups excluding carboxylic acids is 1. The molecule has 3 heterocycles. The fraction of sp³-hybridized carbons (Fsp3) is 0.524. The summed E-state index contributed by atoms with van der Waals surface area (Å²) in [5, 5.41) is 0. The second-order valence-electron chi connectivity index (χ2n) is 7.89. The number of amides is 1. The molecule has 6 heteroatoms. The Hall–Kier alpha value is -2.34. The number of benzene rings is 1. The molecular formula is C21H27N3O3. The van der Waals surface area contributed by atoms with Gasteiger partial charge in [-0.25, -0.2) is 4.98 Å². The van der Waals surface area contributed by atoms with E-state index in [4.69, 9.17) is 14.5 Å². The van der Waals surface area contributed by atoms with Crippen LogP contribution in [0.2, 0.25) is 0 Å². The van der Waals surface area contributed by atoms with Gasteiger partial charge in [-0.1, -0.05) is 26.0 Å². The highest BCUT2D eigenvalue weighted by molar-refractivity contribution is 5.78. The summed E-state index contributed by atoms with van der Waals surface area (Å²) in [4.78, 5) is 18.9. The van der Waals surface area contributed by atoms with Gasteiger partial charge in [0.25, 0.3) is 0 Å². The van der Waals surface area contributed by atoms with Crippen LogP contribution in [0.15, 0.2) is 30.6 Å². The van der Waals surface area contributed by atoms with Crippen molar-refractivity contribution in [2.45, 2.75) is 38.8 Å². The summed E-state index contributed by atoms with van der Waals surface area (Å²) in [5.74, 6) is 1.44. The first-order valence-corrected chi connectivity index (χ1v) is 9.65. The topological polar surface area (TPSA) is 56.6 Å². The largest absolute Gasteiger partial charge is 0.480 e. The van der Waals surface area contributed by atoms with Crippen molar-refractivity contribution in [1.82, 2.24) is 14.5 Å². The molecule has 0 saturated carbocycles. The Labute approximate surface area is 160 Å². The molecule has 0 aliphatic carbocycles. The highest BCUT2D eigenvalue weighted by Crippen LogP contribution is 2.49. The van der Waals surface area contributed by atoms with Crippen molar-refractivity contribution < 1.29 is 14.3 Å². The standard InChI is InChI=1S/C21H27N3O3/c1-15(2)12-24-14-22-19-16-6-4-5-7-17(16)27-21(20(19)24)8-10-23(11-9-21)18(25)13-26-3/h4-7,14-15H,8-13H2,1-3H3. The Kier molecular flexibility index (Phi) is 4.68. The Balaban J connectivity index is 1.71. The third-order valence-corrected chi connectivity index (χ3v) is 5.47. The lowest BCUT2D eigenvalue weighted by molar-refractivity contribution is -0.139. The van der Waals surface area contributed by atoms with Gasteiger partial charge >= 0.3 is 0 Å². The van der Waals surface area contributed by atoms with E-state index in [1.54, 1.807) is 7.11 Å². The minimum atomic E-state index is -0.432. The van der Waals surface area contributed by atoms with Gasteiger partial charge < -0.3 is 18.9 Å². The molecule has 2 aromatic rings. The molecule has 0 N–H and O–H groups in total. The van der Waals surface area contributed by atoms with Crippen molar-refractivity contribution in [2.75, 3.05) is 26.8 Å². The Morgan fingerprint density at radius 3 is 2.74 bits per heavy atom. The lowest BCUT2D eigenvalue weighted by Gasteiger charge is -2.44. The van der Waals surface area contributed by atoms with E-state index in [0.717, 1.165) is 42.1 Å². The number of nitrogens with zero attached hydrogens (tertiary/aromatic N) is 3. The third kappa shape index (κ3) is 3.12. The van der Waals surface area contributed by atoms with E-state index in [-0.39, 0.29) is 12.5 Å². The predicted octanol–water partition coefficient (Wildman–Crippen LogP) is 3.06. The first-order chi connectivity index (χ1) is 13.0. The van der Waals surface area contributed by atoms with Crippen LogP contribution < -0.4 is 4.74 Å². The summed E-state index contributed by atoms with van der Waals surface area (Å²) in [6.45, 7) is 6.79. The van der Waals surface area contributed by atoms with E-state index in [9.17, 15) is 4.79 Å². The molecule has 0 atom stereocenters. The molecule has 1 amide bonds. The van der Waals surface area contributed by atoms with Gasteiger partial charge in [-0.05, 0) is 18.1 Å². The number of rotatable bonds is 4. The molecule has 1 aromatic carbocycles. The molecule has 144 valence electrons. The molecule has 1 saturated heterocycles. The van der Waals surface area contributed by atoms with E-state index in [1.165, 1.54) is 0 Å². The summed E-state index contributed by atoms with van der Waals surface area (Å²) >= 11 is 0. The third-order valence-electron chi connectivity index (χ3n) is 5.47. The Bertz CT molecular complexity index is 835. The average Bonchev–Trinajstić information content (AvgIpc) is 3.07. The molecule has 4 rings (SSSR count). The zero-order valence-corrected chi connectivity index (χ0v) is 16.3. The molecule has 0 radical (unpaired) electrons. The monoisotopic (exact) mass is 369 g/mol. The number of imidazole rings is 1. The van der Waals surface area contributed by atoms with E-state index in [1.807, 2.05) is 29.4 Å². The van der Waals surface area contributed by atoms with E-state index >= 15 is 0 Å². The van der Waals surface area contributed by atoms with Crippen LogP contribution in [0, 0.1) is 5.92 Å². The van der Waals surface area contributed by atoms with Crippen molar-refractivity contribution in [2.24, 2.45) is 5.92 Å². The molecule has 2 aliphatic heterocycles. The number of hydrogen-bond donors (Lipinski definition) is 0. The minimum Gasteiger partial charge on any atom is -0.480 e. The van der Waals surface area contributed by atoms with Crippen molar-refractivity contribution in [3.63, 3.8) is 0 Å². The maximum atomic E-state index is 12.2. The van der Waals surface area contributed by atoms with Crippen molar-refractivity contribution in [1.29, 1.82) is 0 Å². The second-order valence-corrected chi connectivity index (χ2v) is 7.89. The van der Waals surface area contributed by atoms with E-state index < -0.39 is 5.60 Å². The number of piperidine rings is 1. The minimum absolute atomic E-state index is 0.0412. The molecule has 1 fully saturated rings. The Morgan fingerprint density at radius 1 is 1.30 bits per heavy atom. The number of hydrogen-bond acceptors (Lipinski definition) is 4. The van der Waals surface area contributed by atoms with Gasteiger partial charge in [0, 0.05) is 45.1 Å². The number of fused-ring (bicyclic) bond motifs is 4. The lowest BCUT2D eigenvalue weighted by Crippen LogP contribution is -2.50. The number of ether oxygens (including phenoxy) is 2. The number of methoxy groups -OCH3 is 1. The van der Waals surface area contributed by atoms with Gasteiger partial charge in [0.05, 0.1) is 17.7 Å². The normalized spacial score (nSPS) is 17.6. The summed E-state index contributed by atoms with van der Waals surface area (Å²) < 4.78 is 13.9. The molecule has 2 aliphatic rings. The summed E-state index contributed by atoms with van der Waals surface area (Å²) in [6, 6.07) is 8.12. The van der Waals surface area contributed by atoms with Crippen LogP contribution in [0.25, 0.3) is 11.3 Å². The van der Waals surface area contributed by atoms with Crippen LogP contribution in [-0.2, 0) is 21.7 Å². The number of para-hydroxylation sites is 1. The molecule has 0 unspecified atom stereocenters. The fourth-order valence-corrected chi connectivity index (χ4v) is 4.27. The van der Waals surface area contributed by atoms with Crippen LogP contribution >= 0.6 is 0 Å². The zero-order valence-electron chi connectivity index (χ0n) is 16.3. The molecule has 0 bridgehead atoms. The number of aromatic nitrogens is 2. The van der Waals surface area contributed by atoms with Crippen LogP contribution in [0.5, 0.6) is 5.75 Å². The van der Waals surface area contributed by atoms with E-state index in [0.29, 0.717) is 19.0 Å². The molecular weight excluding hydrogens is 342 g/mol. The van der Waals surface area contributed by atoms with Gasteiger partial charge in [-0.3, -0.25) is 4.79 Å². The van der Waals surface area contributed by atoms with Gasteiger partial charge in [-0.15, -0.1) is 0 Å². The molecule has 1 aromatic heterocycles. The molecule has 1 spiro atoms. The fourth-order valence-electron chi connectivity index (χ4n) is 4.27. The summed E-state index contributed by atoms with van der Waals surface area (Å²) in [5.41, 5.74) is 2.81. The van der Waals surface area contributed by atoms with E-state index in [2.05, 4.69) is 24.5 Å². The number of likely N-dealkylation sites (tertiary alicyclic amines) is 1. The summed E-state index contributed by atoms with van der Waals surface area (Å²) in [7, 11) is 1.56. The van der Waals surface area contributed by atoms with Crippen LogP contribution in [0.1, 0.15) is 32.4 Å². The highest BCUT2D eigenvalue weighted by Gasteiger charge is 2.47. The zero-order chi connectivity index (χ0) is 19.0. The second kappa shape index (κ2) is 7.00. The van der Waals surface area contributed by atoms with Gasteiger partial charge in [0.15, 0.2) is 5.60 Å². The van der Waals surface area contributed by atoms with Gasteiger partial charge in [0.1, 0.15) is 12.4 Å². The Morgan fingerprint density at radius 2 is 2.04 bits per heavy atom. The lowest BCUT2D eigenvalue weighted by atomic mass is 9.83. The summed E-state index contributed by atoms with van der Waals surface area (Å²) in [6.07, 6.45) is 3.46. The van der Waals surface area contributed by atoms with Crippen molar-refractivity contribution in [3.8, 4) is 17.0 Å². The van der Waals surface area contributed by atoms with Gasteiger partial charge in [0.2, 0.25) is 5.91 Å². The van der Waals surface area contributed by atoms with Crippen molar-refractivity contribution >= 4 is 5.91 Å². The predicted molar refractivity (Wildman–Crippen MR) is 102 cm³/mol. The molecule has 27 heavy (non-hydrogen) atoms. The van der Waals surface area contributed by atoms with Gasteiger partial charge in [-0.2, -0.15) is 0 Å². The van der Waals surface area contributed by atoms with Crippen LogP contribution in [0.4, 0.5) is 0 Å². The smallest absolute Gasteiger partial charge is 0.248 e. The number of carbonyl (C=O) groups is 1. The first kappa shape index (κ1) is 18.0.